The van der Waals surface area contributed by atoms with Gasteiger partial charge in [-0.3, -0.25) is 14.3 Å². The first kappa shape index (κ1) is 50.4. The maximum Gasteiger partial charge on any atom is 1.00 e. The van der Waals surface area contributed by atoms with Crippen molar-refractivity contribution >= 4 is 82.3 Å². The first-order chi connectivity index (χ1) is 20.2. The summed E-state index contributed by atoms with van der Waals surface area (Å²) in [6, 6.07) is 7.25. The molecule has 0 amide bonds. The van der Waals surface area contributed by atoms with Crippen LogP contribution in [0, 0.1) is 0 Å². The Labute approximate surface area is 364 Å². The minimum atomic E-state index is -5.37. The van der Waals surface area contributed by atoms with Crippen molar-refractivity contribution in [3.8, 4) is 5.75 Å². The quantitative estimate of drug-likeness (QED) is 0.0259. The van der Waals surface area contributed by atoms with Crippen LogP contribution in [0.25, 0.3) is 10.8 Å². The molecule has 3 rings (SSSR count). The largest absolute Gasteiger partial charge is 1.00 e. The van der Waals surface area contributed by atoms with E-state index in [9.17, 15) is 50.0 Å². The first-order valence-corrected chi connectivity index (χ1v) is 16.8. The average Bonchev–Trinajstić information content (AvgIpc) is 2.92. The fraction of sp³-hybridized carbons (Fsp3) is 0.158. The van der Waals surface area contributed by atoms with Gasteiger partial charge < -0.3 is 30.0 Å². The van der Waals surface area contributed by atoms with Gasteiger partial charge in [-0.1, -0.05) is 0 Å². The SMILES string of the molecule is O=S(=O)([O-])CNc1ccc2c(O)cc(SOO[O-])cc2c1N=Nc1ccc(S(=O)(=O)CCOSOO[O-])cc1S(=O)(=O)[O-].[Na+].[Na+].[Na+].[Na+]. The van der Waals surface area contributed by atoms with E-state index >= 15 is 0 Å². The van der Waals surface area contributed by atoms with Gasteiger partial charge in [0.15, 0.2) is 22.2 Å². The molecule has 0 bridgehead atoms. The number of phenolic OH excluding ortho intramolecular Hbond substituents is 1. The zero-order chi connectivity index (χ0) is 31.8. The Balaban J connectivity index is 0. The molecule has 0 aliphatic heterocycles. The predicted octanol–water partition coefficient (Wildman–Crippen LogP) is -11.4. The van der Waals surface area contributed by atoms with Crippen LogP contribution in [-0.4, -0.2) is 57.7 Å². The van der Waals surface area contributed by atoms with Gasteiger partial charge in [0.1, 0.15) is 43.2 Å². The van der Waals surface area contributed by atoms with Crippen LogP contribution in [0.5, 0.6) is 5.75 Å². The first-order valence-electron chi connectivity index (χ1n) is 10.8. The molecule has 0 radical (unpaired) electrons. The van der Waals surface area contributed by atoms with Gasteiger partial charge in [-0.05, 0) is 42.5 Å². The Hall–Kier alpha value is 1.31. The van der Waals surface area contributed by atoms with E-state index in [1.54, 1.807) is 0 Å². The summed E-state index contributed by atoms with van der Waals surface area (Å²) in [5.74, 6) is -2.25. The van der Waals surface area contributed by atoms with Gasteiger partial charge in [0.05, 0.1) is 39.9 Å². The number of nitrogens with zero attached hydrogens (tertiary/aromatic N) is 2. The fourth-order valence-corrected chi connectivity index (χ4v) is 6.20. The van der Waals surface area contributed by atoms with Crippen molar-refractivity contribution in [1.82, 2.24) is 0 Å². The second kappa shape index (κ2) is 23.1. The molecule has 2 N–H and O–H groups in total. The van der Waals surface area contributed by atoms with Crippen molar-refractivity contribution in [2.24, 2.45) is 10.2 Å². The number of phenols is 1. The Morgan fingerprint density at radius 1 is 0.830 bits per heavy atom. The summed E-state index contributed by atoms with van der Waals surface area (Å²) in [5.41, 5.74) is -1.08. The Morgan fingerprint density at radius 2 is 1.49 bits per heavy atom. The van der Waals surface area contributed by atoms with Gasteiger partial charge in [-0.25, -0.2) is 25.3 Å². The number of hydrogen-bond donors (Lipinski definition) is 2. The zero-order valence-corrected chi connectivity index (χ0v) is 36.8. The van der Waals surface area contributed by atoms with E-state index in [-0.39, 0.29) is 163 Å². The van der Waals surface area contributed by atoms with Crippen molar-refractivity contribution in [3.05, 3.63) is 42.5 Å². The van der Waals surface area contributed by atoms with Crippen LogP contribution in [0.15, 0.2) is 67.4 Å². The number of rotatable bonds is 16. The Morgan fingerprint density at radius 3 is 2.09 bits per heavy atom. The fourth-order valence-electron chi connectivity index (χ4n) is 3.29. The molecule has 0 unspecified atom stereocenters. The Bertz CT molecular complexity index is 1840. The number of aromatic hydroxyl groups is 1. The van der Waals surface area contributed by atoms with Crippen LogP contribution in [0.1, 0.15) is 0 Å². The predicted molar refractivity (Wildman–Crippen MR) is 138 cm³/mol. The maximum atomic E-state index is 12.6. The standard InChI is InChI=1S/C19H19N3O16S5.4Na/c23-17-8-11(39-37-35-24)7-14-13(17)2-4-16(20-10-42(28,29)30)19(14)22-21-15-3-1-12(9-18(15)43(31,32)33)41(26,27)6-5-34-40-38-36-25;;;;/h1-4,7-9,20,23-25H,5-6,10H2,(H,28,29,30)(H,31,32,33);;;;/q;4*+1/p-4. The normalized spacial score (nSPS) is 11.7. The van der Waals surface area contributed by atoms with Gasteiger partial charge >= 0.3 is 118 Å². The summed E-state index contributed by atoms with van der Waals surface area (Å²) in [6.07, 6.45) is 0. The van der Waals surface area contributed by atoms with E-state index in [0.29, 0.717) is 18.1 Å². The minimum absolute atomic E-state index is 0. The molecule has 0 saturated heterocycles. The van der Waals surface area contributed by atoms with Crippen LogP contribution >= 0.6 is 24.4 Å². The molecule has 0 heterocycles. The van der Waals surface area contributed by atoms with Gasteiger partial charge in [-0.2, -0.15) is 4.33 Å². The molecule has 0 spiro atoms. The van der Waals surface area contributed by atoms with Gasteiger partial charge in [-0.15, -0.1) is 14.6 Å². The number of fused-ring (bicyclic) bond motifs is 1. The summed E-state index contributed by atoms with van der Waals surface area (Å²) in [4.78, 5) is -1.65. The topological polar surface area (TPSA) is 298 Å². The van der Waals surface area contributed by atoms with Crippen LogP contribution in [0.3, 0.4) is 0 Å². The van der Waals surface area contributed by atoms with E-state index < -0.39 is 63.8 Å². The minimum Gasteiger partial charge on any atom is -0.747 e. The number of benzene rings is 3. The summed E-state index contributed by atoms with van der Waals surface area (Å²) in [6.45, 7) is -0.535. The third-order valence-electron chi connectivity index (χ3n) is 5.01. The van der Waals surface area contributed by atoms with Crippen LogP contribution in [0.4, 0.5) is 17.1 Å². The van der Waals surface area contributed by atoms with Crippen molar-refractivity contribution in [2.45, 2.75) is 14.7 Å². The second-order valence-electron chi connectivity index (χ2n) is 7.73. The number of nitrogens with one attached hydrogen (secondary N) is 1. The number of hydrogen-bond acceptors (Lipinski definition) is 21. The van der Waals surface area contributed by atoms with Crippen LogP contribution in [0.2, 0.25) is 0 Å². The number of anilines is 1. The summed E-state index contributed by atoms with van der Waals surface area (Å²) >= 11 is 0.410. The molecule has 28 heteroatoms. The van der Waals surface area contributed by atoms with Gasteiger partial charge in [0, 0.05) is 15.7 Å². The summed E-state index contributed by atoms with van der Waals surface area (Å²) < 4.78 is 108. The smallest absolute Gasteiger partial charge is 0.747 e. The third kappa shape index (κ3) is 15.8. The zero-order valence-electron chi connectivity index (χ0n) is 24.7. The van der Waals surface area contributed by atoms with E-state index in [4.69, 9.17) is 0 Å². The summed E-state index contributed by atoms with van der Waals surface area (Å²) in [7, 11) is -14.4. The Kier molecular flexibility index (Phi) is 24.8. The molecule has 47 heavy (non-hydrogen) atoms. The molecule has 0 aliphatic rings. The number of sulfone groups is 1. The van der Waals surface area contributed by atoms with Crippen LogP contribution in [-0.2, 0) is 53.0 Å². The number of azo groups is 1. The van der Waals surface area contributed by atoms with E-state index in [1.807, 2.05) is 0 Å². The van der Waals surface area contributed by atoms with Gasteiger partial charge in [0.25, 0.3) is 0 Å². The maximum absolute atomic E-state index is 12.6. The molecule has 0 aliphatic carbocycles. The summed E-state index contributed by atoms with van der Waals surface area (Å²) in [5, 5.41) is 46.7. The van der Waals surface area contributed by atoms with Crippen molar-refractivity contribution in [3.63, 3.8) is 0 Å². The second-order valence-corrected chi connectivity index (χ2v) is 13.9. The van der Waals surface area contributed by atoms with Crippen molar-refractivity contribution < 1.29 is 191 Å². The molecule has 0 fully saturated rings. The third-order valence-corrected chi connectivity index (χ3v) is 8.98. The average molecular weight is 794 g/mol. The molecular formula is C19H15N3Na4O16S5. The van der Waals surface area contributed by atoms with Crippen molar-refractivity contribution in [1.29, 1.82) is 0 Å². The molecule has 236 valence electrons. The molecule has 0 aromatic heterocycles. The van der Waals surface area contributed by atoms with E-state index in [0.717, 1.165) is 18.2 Å². The monoisotopic (exact) mass is 793 g/mol. The molecule has 19 nitrogen and oxygen atoms in total. The van der Waals surface area contributed by atoms with E-state index in [1.165, 1.54) is 18.2 Å². The molecule has 0 saturated carbocycles. The van der Waals surface area contributed by atoms with Gasteiger partial charge in [0.2, 0.25) is 0 Å². The van der Waals surface area contributed by atoms with Crippen molar-refractivity contribution in [2.75, 3.05) is 23.6 Å². The van der Waals surface area contributed by atoms with Crippen LogP contribution < -0.4 is 134 Å². The molecule has 3 aromatic carbocycles. The molecular weight excluding hydrogens is 779 g/mol. The van der Waals surface area contributed by atoms with E-state index in [2.05, 4.69) is 38.5 Å². The molecule has 0 atom stereocenters. The molecule has 3 aromatic rings.